The smallest absolute Gasteiger partial charge is 0.338 e. The lowest BCUT2D eigenvalue weighted by Gasteiger charge is -2.00. The standard InChI is InChI=1S/C13H15N3O4/c1-3-20-12(18)8-4-5-9-10(6-8)16-13(15-9)14-7-11(17)19-2/h4-6H,3,7H2,1-2H3,(H2,14,15,16). The molecule has 0 amide bonds. The fourth-order valence-corrected chi connectivity index (χ4v) is 1.66. The fourth-order valence-electron chi connectivity index (χ4n) is 1.66. The van der Waals surface area contributed by atoms with Crippen LogP contribution in [0.1, 0.15) is 17.3 Å². The van der Waals surface area contributed by atoms with Gasteiger partial charge in [-0.3, -0.25) is 4.79 Å². The number of hydrogen-bond acceptors (Lipinski definition) is 6. The highest BCUT2D eigenvalue weighted by molar-refractivity contribution is 5.94. The van der Waals surface area contributed by atoms with Crippen molar-refractivity contribution < 1.29 is 19.1 Å². The number of imidazole rings is 1. The van der Waals surface area contributed by atoms with Gasteiger partial charge in [0.25, 0.3) is 0 Å². The highest BCUT2D eigenvalue weighted by atomic mass is 16.5. The van der Waals surface area contributed by atoms with Gasteiger partial charge in [0.2, 0.25) is 5.95 Å². The maximum absolute atomic E-state index is 11.6. The maximum atomic E-state index is 11.6. The Kier molecular flexibility index (Phi) is 4.19. The highest BCUT2D eigenvalue weighted by Gasteiger charge is 2.10. The summed E-state index contributed by atoms with van der Waals surface area (Å²) in [6.07, 6.45) is 0. The largest absolute Gasteiger partial charge is 0.468 e. The van der Waals surface area contributed by atoms with Crippen LogP contribution in [0.2, 0.25) is 0 Å². The van der Waals surface area contributed by atoms with Crippen LogP contribution >= 0.6 is 0 Å². The van der Waals surface area contributed by atoms with Gasteiger partial charge in [-0.25, -0.2) is 9.78 Å². The number of H-pyrrole nitrogens is 1. The van der Waals surface area contributed by atoms with Gasteiger partial charge in [-0.05, 0) is 25.1 Å². The molecule has 0 saturated heterocycles. The third-order valence-corrected chi connectivity index (χ3v) is 2.62. The molecule has 7 heteroatoms. The monoisotopic (exact) mass is 277 g/mol. The molecule has 0 saturated carbocycles. The second-order valence-electron chi connectivity index (χ2n) is 3.97. The molecule has 0 unspecified atom stereocenters. The predicted molar refractivity (Wildman–Crippen MR) is 72.6 cm³/mol. The van der Waals surface area contributed by atoms with Crippen molar-refractivity contribution in [2.75, 3.05) is 25.6 Å². The average Bonchev–Trinajstić information content (AvgIpc) is 2.86. The molecule has 0 radical (unpaired) electrons. The number of carbonyl (C=O) groups excluding carboxylic acids is 2. The van der Waals surface area contributed by atoms with Crippen LogP contribution in [-0.4, -0.2) is 42.2 Å². The molecule has 1 heterocycles. The molecule has 2 rings (SSSR count). The predicted octanol–water partition coefficient (Wildman–Crippen LogP) is 1.32. The normalized spacial score (nSPS) is 10.3. The van der Waals surface area contributed by atoms with Gasteiger partial charge in [0.1, 0.15) is 6.54 Å². The van der Waals surface area contributed by atoms with Crippen LogP contribution < -0.4 is 5.32 Å². The number of anilines is 1. The molecule has 0 atom stereocenters. The zero-order chi connectivity index (χ0) is 14.5. The van der Waals surface area contributed by atoms with E-state index in [1.165, 1.54) is 7.11 Å². The molecule has 2 N–H and O–H groups in total. The first kappa shape index (κ1) is 13.9. The van der Waals surface area contributed by atoms with E-state index in [0.717, 1.165) is 0 Å². The summed E-state index contributed by atoms with van der Waals surface area (Å²) in [5, 5.41) is 2.80. The minimum atomic E-state index is -0.391. The molecule has 0 aliphatic rings. The van der Waals surface area contributed by atoms with E-state index in [1.807, 2.05) is 0 Å². The lowest BCUT2D eigenvalue weighted by Crippen LogP contribution is -2.15. The van der Waals surface area contributed by atoms with Gasteiger partial charge in [-0.2, -0.15) is 0 Å². The van der Waals surface area contributed by atoms with E-state index in [9.17, 15) is 9.59 Å². The Morgan fingerprint density at radius 3 is 2.90 bits per heavy atom. The van der Waals surface area contributed by atoms with E-state index in [4.69, 9.17) is 4.74 Å². The maximum Gasteiger partial charge on any atom is 0.338 e. The molecule has 1 aromatic carbocycles. The van der Waals surface area contributed by atoms with E-state index >= 15 is 0 Å². The Labute approximate surface area is 115 Å². The quantitative estimate of drug-likeness (QED) is 0.801. The summed E-state index contributed by atoms with van der Waals surface area (Å²) in [6, 6.07) is 5.01. The molecule has 106 valence electrons. The Morgan fingerprint density at radius 2 is 2.20 bits per heavy atom. The van der Waals surface area contributed by atoms with Crippen LogP contribution in [0.5, 0.6) is 0 Å². The van der Waals surface area contributed by atoms with Gasteiger partial charge >= 0.3 is 11.9 Å². The summed E-state index contributed by atoms with van der Waals surface area (Å²) in [5.41, 5.74) is 1.82. The Morgan fingerprint density at radius 1 is 1.40 bits per heavy atom. The number of fused-ring (bicyclic) bond motifs is 1. The molecule has 0 fully saturated rings. The molecule has 0 aliphatic heterocycles. The van der Waals surface area contributed by atoms with Crippen molar-refractivity contribution >= 4 is 28.9 Å². The molecule has 1 aromatic heterocycles. The lowest BCUT2D eigenvalue weighted by molar-refractivity contribution is -0.138. The molecule has 0 spiro atoms. The molecule has 20 heavy (non-hydrogen) atoms. The van der Waals surface area contributed by atoms with E-state index < -0.39 is 5.97 Å². The first-order valence-electron chi connectivity index (χ1n) is 6.11. The van der Waals surface area contributed by atoms with E-state index in [1.54, 1.807) is 25.1 Å². The fraction of sp³-hybridized carbons (Fsp3) is 0.308. The van der Waals surface area contributed by atoms with Gasteiger partial charge in [0.15, 0.2) is 0 Å². The van der Waals surface area contributed by atoms with Crippen LogP contribution in [0, 0.1) is 0 Å². The average molecular weight is 277 g/mol. The molecular weight excluding hydrogens is 262 g/mol. The molecular formula is C13H15N3O4. The number of ether oxygens (including phenoxy) is 2. The number of esters is 2. The van der Waals surface area contributed by atoms with Crippen molar-refractivity contribution in [1.29, 1.82) is 0 Å². The Balaban J connectivity index is 2.17. The number of rotatable bonds is 5. The zero-order valence-electron chi connectivity index (χ0n) is 11.2. The van der Waals surface area contributed by atoms with Gasteiger partial charge in [0.05, 0.1) is 30.3 Å². The number of hydrogen-bond donors (Lipinski definition) is 2. The van der Waals surface area contributed by atoms with Crippen LogP contribution in [0.4, 0.5) is 5.95 Å². The Hall–Kier alpha value is -2.57. The third kappa shape index (κ3) is 3.05. The highest BCUT2D eigenvalue weighted by Crippen LogP contribution is 2.16. The van der Waals surface area contributed by atoms with Crippen molar-refractivity contribution in [3.05, 3.63) is 23.8 Å². The van der Waals surface area contributed by atoms with Crippen LogP contribution in [-0.2, 0) is 14.3 Å². The van der Waals surface area contributed by atoms with Crippen molar-refractivity contribution in [3.63, 3.8) is 0 Å². The minimum absolute atomic E-state index is 0.0149. The second kappa shape index (κ2) is 6.05. The number of nitrogens with one attached hydrogen (secondary N) is 2. The van der Waals surface area contributed by atoms with E-state index in [2.05, 4.69) is 20.0 Å². The van der Waals surface area contributed by atoms with Crippen LogP contribution in [0.15, 0.2) is 18.2 Å². The summed E-state index contributed by atoms with van der Waals surface area (Å²) in [4.78, 5) is 29.9. The Bertz CT molecular complexity index is 636. The van der Waals surface area contributed by atoms with Crippen LogP contribution in [0.3, 0.4) is 0 Å². The third-order valence-electron chi connectivity index (χ3n) is 2.62. The van der Waals surface area contributed by atoms with Crippen molar-refractivity contribution in [2.24, 2.45) is 0 Å². The number of methoxy groups -OCH3 is 1. The summed E-state index contributed by atoms with van der Waals surface area (Å²) < 4.78 is 9.45. The van der Waals surface area contributed by atoms with Gasteiger partial charge in [0, 0.05) is 0 Å². The van der Waals surface area contributed by atoms with Gasteiger partial charge in [-0.15, -0.1) is 0 Å². The van der Waals surface area contributed by atoms with E-state index in [-0.39, 0.29) is 12.5 Å². The summed E-state index contributed by atoms with van der Waals surface area (Å²) >= 11 is 0. The van der Waals surface area contributed by atoms with Crippen molar-refractivity contribution in [1.82, 2.24) is 9.97 Å². The van der Waals surface area contributed by atoms with Crippen molar-refractivity contribution in [2.45, 2.75) is 6.92 Å². The topological polar surface area (TPSA) is 93.3 Å². The number of aromatic amines is 1. The number of nitrogens with zero attached hydrogens (tertiary/aromatic N) is 1. The first-order chi connectivity index (χ1) is 9.63. The molecule has 0 aliphatic carbocycles. The van der Waals surface area contributed by atoms with Gasteiger partial charge < -0.3 is 19.8 Å². The number of benzene rings is 1. The summed E-state index contributed by atoms with van der Waals surface area (Å²) in [7, 11) is 1.31. The number of aromatic nitrogens is 2. The summed E-state index contributed by atoms with van der Waals surface area (Å²) in [6.45, 7) is 2.09. The molecule has 0 bridgehead atoms. The SMILES string of the molecule is CCOC(=O)c1ccc2nc(NCC(=O)OC)[nH]c2c1. The summed E-state index contributed by atoms with van der Waals surface area (Å²) in [5.74, 6) is -0.336. The number of carbonyl (C=O) groups is 2. The first-order valence-corrected chi connectivity index (χ1v) is 6.11. The van der Waals surface area contributed by atoms with Crippen LogP contribution in [0.25, 0.3) is 11.0 Å². The van der Waals surface area contributed by atoms with Crippen molar-refractivity contribution in [3.8, 4) is 0 Å². The van der Waals surface area contributed by atoms with E-state index in [0.29, 0.717) is 29.2 Å². The zero-order valence-corrected chi connectivity index (χ0v) is 11.2. The lowest BCUT2D eigenvalue weighted by atomic mass is 10.2. The molecule has 2 aromatic rings. The minimum Gasteiger partial charge on any atom is -0.468 e. The second-order valence-corrected chi connectivity index (χ2v) is 3.97. The van der Waals surface area contributed by atoms with Gasteiger partial charge in [-0.1, -0.05) is 0 Å². The molecule has 7 nitrogen and oxygen atoms in total.